The molecule has 0 spiro atoms. The van der Waals surface area contributed by atoms with Gasteiger partial charge < -0.3 is 10.1 Å². The number of anilines is 1. The zero-order valence-electron chi connectivity index (χ0n) is 11.2. The molecular weight excluding hydrogens is 273 g/mol. The van der Waals surface area contributed by atoms with Crippen molar-refractivity contribution in [3.8, 4) is 5.75 Å². The van der Waals surface area contributed by atoms with Crippen LogP contribution in [-0.4, -0.2) is 18.9 Å². The molecule has 0 bridgehead atoms. The van der Waals surface area contributed by atoms with E-state index in [0.29, 0.717) is 5.25 Å². The summed E-state index contributed by atoms with van der Waals surface area (Å²) in [6.45, 7) is 0.825. The summed E-state index contributed by atoms with van der Waals surface area (Å²) in [6, 6.07) is 13.4. The highest BCUT2D eigenvalue weighted by Gasteiger charge is 2.21. The predicted octanol–water partition coefficient (Wildman–Crippen LogP) is 3.96. The first-order valence-corrected chi connectivity index (χ1v) is 7.46. The number of nitrogens with one attached hydrogen (secondary N) is 1. The molecule has 0 fully saturated rings. The Bertz CT molecular complexity index is 592. The van der Waals surface area contributed by atoms with Crippen LogP contribution >= 0.6 is 11.8 Å². The molecule has 0 aromatic heterocycles. The number of hydrogen-bond donors (Lipinski definition) is 1. The average Bonchev–Trinajstić information content (AvgIpc) is 2.88. The molecule has 1 atom stereocenters. The molecule has 3 rings (SSSR count). The fraction of sp³-hybridized carbons (Fsp3) is 0.250. The highest BCUT2D eigenvalue weighted by molar-refractivity contribution is 8.00. The summed E-state index contributed by atoms with van der Waals surface area (Å²) in [4.78, 5) is 1.36. The number of benzene rings is 2. The predicted molar refractivity (Wildman–Crippen MR) is 81.2 cm³/mol. The highest BCUT2D eigenvalue weighted by Crippen LogP contribution is 2.36. The molecule has 2 aromatic carbocycles. The lowest BCUT2D eigenvalue weighted by Gasteiger charge is -2.12. The normalized spacial score (nSPS) is 16.8. The lowest BCUT2D eigenvalue weighted by atomic mass is 10.1. The van der Waals surface area contributed by atoms with Crippen molar-refractivity contribution >= 4 is 17.4 Å². The molecule has 2 nitrogen and oxygen atoms in total. The molecule has 1 unspecified atom stereocenters. The van der Waals surface area contributed by atoms with Gasteiger partial charge in [0.2, 0.25) is 0 Å². The van der Waals surface area contributed by atoms with Crippen molar-refractivity contribution in [1.82, 2.24) is 0 Å². The van der Waals surface area contributed by atoms with Crippen LogP contribution in [0.25, 0.3) is 0 Å². The zero-order valence-corrected chi connectivity index (χ0v) is 12.0. The number of fused-ring (bicyclic) bond motifs is 1. The maximum Gasteiger partial charge on any atom is 0.167 e. The Morgan fingerprint density at radius 2 is 2.15 bits per heavy atom. The maximum absolute atomic E-state index is 13.6. The molecule has 1 heterocycles. The third-order valence-electron chi connectivity index (χ3n) is 3.40. The summed E-state index contributed by atoms with van der Waals surface area (Å²) in [5, 5.41) is 3.79. The molecule has 0 saturated carbocycles. The Hall–Kier alpha value is -1.68. The summed E-state index contributed by atoms with van der Waals surface area (Å²) in [5.74, 6) is -0.0574. The molecule has 1 aliphatic rings. The van der Waals surface area contributed by atoms with E-state index in [4.69, 9.17) is 4.74 Å². The van der Waals surface area contributed by atoms with Gasteiger partial charge in [0, 0.05) is 28.4 Å². The standard InChI is InChI=1S/C16H16FNOS/c1-19-15-7-6-12(9-14(15)17)18-10-13-8-11-4-2-3-5-16(11)20-13/h2-7,9,13,18H,8,10H2,1H3. The van der Waals surface area contributed by atoms with E-state index in [1.165, 1.54) is 23.6 Å². The van der Waals surface area contributed by atoms with Gasteiger partial charge in [-0.05, 0) is 30.2 Å². The molecule has 1 N–H and O–H groups in total. The topological polar surface area (TPSA) is 21.3 Å². The van der Waals surface area contributed by atoms with Gasteiger partial charge in [-0.25, -0.2) is 4.39 Å². The molecule has 1 aliphatic heterocycles. The zero-order chi connectivity index (χ0) is 13.9. The molecule has 0 radical (unpaired) electrons. The summed E-state index contributed by atoms with van der Waals surface area (Å²) in [7, 11) is 1.47. The van der Waals surface area contributed by atoms with Crippen molar-refractivity contribution in [2.24, 2.45) is 0 Å². The van der Waals surface area contributed by atoms with E-state index >= 15 is 0 Å². The van der Waals surface area contributed by atoms with Crippen LogP contribution in [0.5, 0.6) is 5.75 Å². The van der Waals surface area contributed by atoms with Crippen molar-refractivity contribution in [2.45, 2.75) is 16.6 Å². The van der Waals surface area contributed by atoms with Crippen molar-refractivity contribution in [1.29, 1.82) is 0 Å². The largest absolute Gasteiger partial charge is 0.494 e. The first kappa shape index (κ1) is 13.3. The summed E-state index contributed by atoms with van der Waals surface area (Å²) >= 11 is 1.89. The van der Waals surface area contributed by atoms with E-state index in [1.807, 2.05) is 17.8 Å². The summed E-state index contributed by atoms with van der Waals surface area (Å²) in [5.41, 5.74) is 2.20. The van der Waals surface area contributed by atoms with E-state index < -0.39 is 0 Å². The fourth-order valence-corrected chi connectivity index (χ4v) is 3.62. The SMILES string of the molecule is COc1ccc(NCC2Cc3ccccc3S2)cc1F. The van der Waals surface area contributed by atoms with Crippen LogP contribution in [0.4, 0.5) is 10.1 Å². The van der Waals surface area contributed by atoms with Gasteiger partial charge in [-0.15, -0.1) is 11.8 Å². The fourth-order valence-electron chi connectivity index (χ4n) is 2.38. The lowest BCUT2D eigenvalue weighted by molar-refractivity contribution is 0.386. The van der Waals surface area contributed by atoms with E-state index in [0.717, 1.165) is 18.7 Å². The first-order valence-electron chi connectivity index (χ1n) is 6.58. The van der Waals surface area contributed by atoms with E-state index in [2.05, 4.69) is 29.6 Å². The molecular formula is C16H16FNOS. The molecule has 0 amide bonds. The Kier molecular flexibility index (Phi) is 3.83. The van der Waals surface area contributed by atoms with Gasteiger partial charge >= 0.3 is 0 Å². The smallest absolute Gasteiger partial charge is 0.167 e. The van der Waals surface area contributed by atoms with Crippen molar-refractivity contribution in [3.63, 3.8) is 0 Å². The van der Waals surface area contributed by atoms with Gasteiger partial charge in [-0.2, -0.15) is 0 Å². The Morgan fingerprint density at radius 3 is 2.90 bits per heavy atom. The molecule has 0 aliphatic carbocycles. The van der Waals surface area contributed by atoms with Crippen LogP contribution in [0.15, 0.2) is 47.4 Å². The first-order chi connectivity index (χ1) is 9.76. The number of halogens is 1. The van der Waals surface area contributed by atoms with Gasteiger partial charge in [0.1, 0.15) is 0 Å². The molecule has 104 valence electrons. The number of hydrogen-bond acceptors (Lipinski definition) is 3. The summed E-state index contributed by atoms with van der Waals surface area (Å²) in [6.07, 6.45) is 1.06. The minimum absolute atomic E-state index is 0.276. The second-order valence-corrected chi connectivity index (χ2v) is 6.12. The third-order valence-corrected chi connectivity index (χ3v) is 4.72. The molecule has 0 saturated heterocycles. The van der Waals surface area contributed by atoms with E-state index in [-0.39, 0.29) is 11.6 Å². The van der Waals surface area contributed by atoms with E-state index in [9.17, 15) is 4.39 Å². The van der Waals surface area contributed by atoms with Crippen LogP contribution in [0.2, 0.25) is 0 Å². The van der Waals surface area contributed by atoms with Gasteiger partial charge in [0.15, 0.2) is 11.6 Å². The highest BCUT2D eigenvalue weighted by atomic mass is 32.2. The van der Waals surface area contributed by atoms with Crippen molar-refractivity contribution in [3.05, 3.63) is 53.8 Å². The maximum atomic E-state index is 13.6. The lowest BCUT2D eigenvalue weighted by Crippen LogP contribution is -2.15. The van der Waals surface area contributed by atoms with E-state index in [1.54, 1.807) is 6.07 Å². The minimum Gasteiger partial charge on any atom is -0.494 e. The molecule has 4 heteroatoms. The van der Waals surface area contributed by atoms with Gasteiger partial charge in [0.05, 0.1) is 7.11 Å². The molecule has 2 aromatic rings. The van der Waals surface area contributed by atoms with Crippen LogP contribution in [-0.2, 0) is 6.42 Å². The third kappa shape index (κ3) is 2.75. The summed E-state index contributed by atoms with van der Waals surface area (Å²) < 4.78 is 18.5. The second kappa shape index (κ2) is 5.75. The number of ether oxygens (including phenoxy) is 1. The van der Waals surface area contributed by atoms with Gasteiger partial charge in [-0.1, -0.05) is 18.2 Å². The van der Waals surface area contributed by atoms with Gasteiger partial charge in [0.25, 0.3) is 0 Å². The monoisotopic (exact) mass is 289 g/mol. The Morgan fingerprint density at radius 1 is 1.30 bits per heavy atom. The van der Waals surface area contributed by atoms with Crippen LogP contribution < -0.4 is 10.1 Å². The number of methoxy groups -OCH3 is 1. The quantitative estimate of drug-likeness (QED) is 0.920. The van der Waals surface area contributed by atoms with Crippen LogP contribution in [0.3, 0.4) is 0 Å². The van der Waals surface area contributed by atoms with Crippen LogP contribution in [0, 0.1) is 5.82 Å². The van der Waals surface area contributed by atoms with Crippen LogP contribution in [0.1, 0.15) is 5.56 Å². The minimum atomic E-state index is -0.333. The number of rotatable bonds is 4. The van der Waals surface area contributed by atoms with Crippen molar-refractivity contribution in [2.75, 3.05) is 19.0 Å². The number of thioether (sulfide) groups is 1. The van der Waals surface area contributed by atoms with Crippen molar-refractivity contribution < 1.29 is 9.13 Å². The average molecular weight is 289 g/mol. The molecule has 20 heavy (non-hydrogen) atoms. The second-order valence-electron chi connectivity index (χ2n) is 4.78. The van der Waals surface area contributed by atoms with Gasteiger partial charge in [-0.3, -0.25) is 0 Å². The Labute approximate surface area is 122 Å². The Balaban J connectivity index is 1.60.